The van der Waals surface area contributed by atoms with Crippen molar-refractivity contribution in [1.82, 2.24) is 5.32 Å². The van der Waals surface area contributed by atoms with E-state index in [9.17, 15) is 4.79 Å². The highest BCUT2D eigenvalue weighted by atomic mass is 79.9. The van der Waals surface area contributed by atoms with Gasteiger partial charge >= 0.3 is 0 Å². The number of thiophene rings is 1. The fourth-order valence-corrected chi connectivity index (χ4v) is 2.43. The van der Waals surface area contributed by atoms with Crippen LogP contribution < -0.4 is 5.32 Å². The van der Waals surface area contributed by atoms with Crippen molar-refractivity contribution in [3.8, 4) is 0 Å². The molecule has 0 radical (unpaired) electrons. The lowest BCUT2D eigenvalue weighted by atomic mass is 10.2. The zero-order chi connectivity index (χ0) is 12.0. The zero-order valence-electron chi connectivity index (χ0n) is 8.94. The number of halogens is 1. The predicted molar refractivity (Wildman–Crippen MR) is 70.4 cm³/mol. The summed E-state index contributed by atoms with van der Waals surface area (Å²) in [5, 5.41) is 11.6. The van der Waals surface area contributed by atoms with Gasteiger partial charge in [-0.1, -0.05) is 6.92 Å². The second-order valence-corrected chi connectivity index (χ2v) is 5.77. The molecular formula is C11H14BrNO2S. The van der Waals surface area contributed by atoms with E-state index in [-0.39, 0.29) is 18.6 Å². The van der Waals surface area contributed by atoms with Gasteiger partial charge in [-0.05, 0) is 40.6 Å². The first kappa shape index (κ1) is 13.4. The Kier molecular flexibility index (Phi) is 5.73. The van der Waals surface area contributed by atoms with Crippen molar-refractivity contribution in [3.05, 3.63) is 26.9 Å². The molecule has 1 atom stereocenters. The predicted octanol–water partition coefficient (Wildman–Crippen LogP) is 2.41. The average molecular weight is 304 g/mol. The molecule has 0 fully saturated rings. The minimum Gasteiger partial charge on any atom is -0.394 e. The monoisotopic (exact) mass is 303 g/mol. The van der Waals surface area contributed by atoms with Crippen LogP contribution in [-0.2, 0) is 4.79 Å². The van der Waals surface area contributed by atoms with Gasteiger partial charge in [-0.3, -0.25) is 4.79 Å². The molecule has 3 nitrogen and oxygen atoms in total. The molecule has 0 saturated carbocycles. The van der Waals surface area contributed by atoms with Crippen molar-refractivity contribution in [2.75, 3.05) is 6.61 Å². The third-order valence-corrected chi connectivity index (χ3v) is 3.64. The van der Waals surface area contributed by atoms with E-state index >= 15 is 0 Å². The Balaban J connectivity index is 2.48. The first-order valence-electron chi connectivity index (χ1n) is 5.00. The molecule has 1 amide bonds. The normalized spacial score (nSPS) is 12.9. The van der Waals surface area contributed by atoms with Crippen LogP contribution in [0.5, 0.6) is 0 Å². The lowest BCUT2D eigenvalue weighted by Crippen LogP contribution is -2.35. The first-order chi connectivity index (χ1) is 7.65. The molecular weight excluding hydrogens is 290 g/mol. The van der Waals surface area contributed by atoms with Gasteiger partial charge in [0.15, 0.2) is 0 Å². The molecule has 1 aromatic rings. The second-order valence-electron chi connectivity index (χ2n) is 3.27. The summed E-state index contributed by atoms with van der Waals surface area (Å²) in [6, 6.07) is 3.71. The third-order valence-electron chi connectivity index (χ3n) is 2.05. The molecule has 88 valence electrons. The smallest absolute Gasteiger partial charge is 0.244 e. The van der Waals surface area contributed by atoms with Crippen LogP contribution in [0.25, 0.3) is 6.08 Å². The molecule has 0 spiro atoms. The van der Waals surface area contributed by atoms with E-state index in [1.165, 1.54) is 6.08 Å². The number of carbonyl (C=O) groups is 1. The SMILES string of the molecule is CC[C@H](CO)NC(=O)/C=C/c1ccc(Br)s1. The third kappa shape index (κ3) is 4.47. The molecule has 1 heterocycles. The molecule has 5 heteroatoms. The molecule has 0 aliphatic carbocycles. The molecule has 16 heavy (non-hydrogen) atoms. The summed E-state index contributed by atoms with van der Waals surface area (Å²) in [5.41, 5.74) is 0. The largest absolute Gasteiger partial charge is 0.394 e. The van der Waals surface area contributed by atoms with Crippen molar-refractivity contribution in [3.63, 3.8) is 0 Å². The first-order valence-corrected chi connectivity index (χ1v) is 6.61. The Morgan fingerprint density at radius 1 is 1.69 bits per heavy atom. The van der Waals surface area contributed by atoms with Gasteiger partial charge in [-0.15, -0.1) is 11.3 Å². The van der Waals surface area contributed by atoms with Crippen LogP contribution in [0, 0.1) is 0 Å². The number of carbonyl (C=O) groups excluding carboxylic acids is 1. The molecule has 1 rings (SSSR count). The maximum Gasteiger partial charge on any atom is 0.244 e. The number of amides is 1. The summed E-state index contributed by atoms with van der Waals surface area (Å²) in [6.45, 7) is 1.89. The molecule has 0 bridgehead atoms. The van der Waals surface area contributed by atoms with Crippen molar-refractivity contribution in [2.45, 2.75) is 19.4 Å². The maximum atomic E-state index is 11.4. The molecule has 2 N–H and O–H groups in total. The molecule has 1 aromatic heterocycles. The quantitative estimate of drug-likeness (QED) is 0.821. The lowest BCUT2D eigenvalue weighted by molar-refractivity contribution is -0.117. The van der Waals surface area contributed by atoms with Crippen LogP contribution in [0.2, 0.25) is 0 Å². The number of hydrogen-bond acceptors (Lipinski definition) is 3. The zero-order valence-corrected chi connectivity index (χ0v) is 11.3. The van der Waals surface area contributed by atoms with Crippen LogP contribution in [-0.4, -0.2) is 23.7 Å². The molecule has 0 aliphatic heterocycles. The minimum atomic E-state index is -0.176. The van der Waals surface area contributed by atoms with Gasteiger partial charge in [0.25, 0.3) is 0 Å². The van der Waals surface area contributed by atoms with Gasteiger partial charge in [0.2, 0.25) is 5.91 Å². The van der Waals surface area contributed by atoms with E-state index in [2.05, 4.69) is 21.2 Å². The van der Waals surface area contributed by atoms with Crippen molar-refractivity contribution in [1.29, 1.82) is 0 Å². The molecule has 0 aromatic carbocycles. The highest BCUT2D eigenvalue weighted by molar-refractivity contribution is 9.11. The standard InChI is InChI=1S/C11H14BrNO2S/c1-2-8(7-14)13-11(15)6-4-9-3-5-10(12)16-9/h3-6,8,14H,2,7H2,1H3,(H,13,15)/b6-4+/t8-/m1/s1. The van der Waals surface area contributed by atoms with Crippen LogP contribution >= 0.6 is 27.3 Å². The lowest BCUT2D eigenvalue weighted by Gasteiger charge is -2.11. The van der Waals surface area contributed by atoms with Gasteiger partial charge in [-0.25, -0.2) is 0 Å². The number of nitrogens with one attached hydrogen (secondary N) is 1. The number of hydrogen-bond donors (Lipinski definition) is 2. The Morgan fingerprint density at radius 2 is 2.44 bits per heavy atom. The van der Waals surface area contributed by atoms with E-state index in [1.54, 1.807) is 17.4 Å². The van der Waals surface area contributed by atoms with E-state index in [4.69, 9.17) is 5.11 Å². The summed E-state index contributed by atoms with van der Waals surface area (Å²) >= 11 is 4.91. The Bertz CT molecular complexity index is 372. The number of rotatable bonds is 5. The molecule has 0 saturated heterocycles. The summed E-state index contributed by atoms with van der Waals surface area (Å²) in [4.78, 5) is 12.4. The fraction of sp³-hybridized carbons (Fsp3) is 0.364. The molecule has 0 aliphatic rings. The Labute approximate surface area is 107 Å². The van der Waals surface area contributed by atoms with Crippen molar-refractivity contribution in [2.24, 2.45) is 0 Å². The van der Waals surface area contributed by atoms with Gasteiger partial charge in [0, 0.05) is 11.0 Å². The average Bonchev–Trinajstić information content (AvgIpc) is 2.69. The summed E-state index contributed by atoms with van der Waals surface area (Å²) in [7, 11) is 0. The summed E-state index contributed by atoms with van der Waals surface area (Å²) < 4.78 is 1.04. The van der Waals surface area contributed by atoms with E-state index in [1.807, 2.05) is 19.1 Å². The molecule has 0 unspecified atom stereocenters. The van der Waals surface area contributed by atoms with Gasteiger partial charge in [0.05, 0.1) is 16.4 Å². The summed E-state index contributed by atoms with van der Waals surface area (Å²) in [5.74, 6) is -0.176. The van der Waals surface area contributed by atoms with E-state index < -0.39 is 0 Å². The highest BCUT2D eigenvalue weighted by Crippen LogP contribution is 2.22. The van der Waals surface area contributed by atoms with Crippen LogP contribution in [0.15, 0.2) is 22.0 Å². The Morgan fingerprint density at radius 3 is 2.94 bits per heavy atom. The Hall–Kier alpha value is -0.650. The topological polar surface area (TPSA) is 49.3 Å². The number of aliphatic hydroxyl groups excluding tert-OH is 1. The van der Waals surface area contributed by atoms with Crippen LogP contribution in [0.4, 0.5) is 0 Å². The van der Waals surface area contributed by atoms with E-state index in [0.717, 1.165) is 15.1 Å². The van der Waals surface area contributed by atoms with Gasteiger partial charge < -0.3 is 10.4 Å². The fourth-order valence-electron chi connectivity index (χ4n) is 1.10. The highest BCUT2D eigenvalue weighted by Gasteiger charge is 2.05. The van der Waals surface area contributed by atoms with E-state index in [0.29, 0.717) is 0 Å². The van der Waals surface area contributed by atoms with Gasteiger partial charge in [0.1, 0.15) is 0 Å². The van der Waals surface area contributed by atoms with Crippen molar-refractivity contribution < 1.29 is 9.90 Å². The minimum absolute atomic E-state index is 0.0272. The van der Waals surface area contributed by atoms with Gasteiger partial charge in [-0.2, -0.15) is 0 Å². The number of aliphatic hydroxyl groups is 1. The summed E-state index contributed by atoms with van der Waals surface area (Å²) in [6.07, 6.45) is 3.96. The van der Waals surface area contributed by atoms with Crippen LogP contribution in [0.1, 0.15) is 18.2 Å². The van der Waals surface area contributed by atoms with Crippen molar-refractivity contribution >= 4 is 39.2 Å². The second kappa shape index (κ2) is 6.83. The van der Waals surface area contributed by atoms with Crippen LogP contribution in [0.3, 0.4) is 0 Å². The maximum absolute atomic E-state index is 11.4.